The smallest absolute Gasteiger partial charge is 0.251 e. The molecule has 1 rings (SSSR count). The maximum absolute atomic E-state index is 11.7. The molecule has 1 fully saturated rings. The van der Waals surface area contributed by atoms with Gasteiger partial charge in [-0.2, -0.15) is 0 Å². The van der Waals surface area contributed by atoms with Crippen LogP contribution in [0.2, 0.25) is 0 Å². The number of alkyl halides is 2. The summed E-state index contributed by atoms with van der Waals surface area (Å²) in [5.41, 5.74) is 0. The number of likely N-dealkylation sites (tertiary alicyclic amines) is 1. The fourth-order valence-electron chi connectivity index (χ4n) is 1.31. The van der Waals surface area contributed by atoms with Crippen LogP contribution in [0.5, 0.6) is 0 Å². The summed E-state index contributed by atoms with van der Waals surface area (Å²) in [5, 5.41) is 0. The Bertz CT molecular complexity index is 134. The van der Waals surface area contributed by atoms with E-state index in [1.807, 2.05) is 0 Å². The van der Waals surface area contributed by atoms with Crippen molar-refractivity contribution in [2.24, 2.45) is 5.92 Å². The Balaban J connectivity index is 2.04. The van der Waals surface area contributed by atoms with Gasteiger partial charge in [0.2, 0.25) is 0 Å². The van der Waals surface area contributed by atoms with Crippen molar-refractivity contribution in [1.82, 2.24) is 4.90 Å². The minimum absolute atomic E-state index is 0.143. The van der Waals surface area contributed by atoms with Crippen molar-refractivity contribution in [2.75, 3.05) is 19.6 Å². The van der Waals surface area contributed by atoms with Crippen LogP contribution < -0.4 is 0 Å². The number of carbonyl (C=O) groups is 1. The maximum atomic E-state index is 11.7. The summed E-state index contributed by atoms with van der Waals surface area (Å²) in [5.74, 6) is 0.325. The van der Waals surface area contributed by atoms with Crippen molar-refractivity contribution in [3.63, 3.8) is 0 Å². The molecule has 0 N–H and O–H groups in total. The lowest BCUT2D eigenvalue weighted by Crippen LogP contribution is -2.48. The van der Waals surface area contributed by atoms with E-state index in [1.165, 1.54) is 0 Å². The molecule has 0 radical (unpaired) electrons. The molecule has 0 aromatic carbocycles. The van der Waals surface area contributed by atoms with Gasteiger partial charge >= 0.3 is 0 Å². The van der Waals surface area contributed by atoms with E-state index >= 15 is 0 Å². The normalized spacial score (nSPS) is 20.3. The predicted octanol–water partition coefficient (Wildman–Crippen LogP) is 0.772. The summed E-state index contributed by atoms with van der Waals surface area (Å²) >= 11 is 0. The molecule has 0 aliphatic carbocycles. The van der Waals surface area contributed by atoms with Gasteiger partial charge in [-0.1, -0.05) is 0 Å². The Morgan fingerprint density at radius 3 is 2.64 bits per heavy atom. The van der Waals surface area contributed by atoms with Gasteiger partial charge in [0.15, 0.2) is 0 Å². The van der Waals surface area contributed by atoms with E-state index in [2.05, 4.69) is 0 Å². The number of rotatable bonds is 4. The minimum atomic E-state index is -2.24. The summed E-state index contributed by atoms with van der Waals surface area (Å²) in [6, 6.07) is 0. The third-order valence-electron chi connectivity index (χ3n) is 1.86. The predicted molar refractivity (Wildman–Crippen MR) is 36.6 cm³/mol. The average Bonchev–Trinajstić information content (AvgIpc) is 1.82. The van der Waals surface area contributed by atoms with Crippen molar-refractivity contribution in [3.05, 3.63) is 0 Å². The van der Waals surface area contributed by atoms with E-state index in [0.717, 1.165) is 6.29 Å². The van der Waals surface area contributed by atoms with Gasteiger partial charge in [0.1, 0.15) is 6.29 Å². The van der Waals surface area contributed by atoms with E-state index in [9.17, 15) is 13.6 Å². The third kappa shape index (κ3) is 2.54. The Morgan fingerprint density at radius 1 is 1.55 bits per heavy atom. The van der Waals surface area contributed by atoms with Gasteiger partial charge in [-0.15, -0.1) is 0 Å². The van der Waals surface area contributed by atoms with Crippen LogP contribution in [0.3, 0.4) is 0 Å². The molecule has 0 bridgehead atoms. The fourth-order valence-corrected chi connectivity index (χ4v) is 1.31. The minimum Gasteiger partial charge on any atom is -0.303 e. The number of hydrogen-bond acceptors (Lipinski definition) is 2. The van der Waals surface area contributed by atoms with E-state index in [1.54, 1.807) is 4.90 Å². The largest absolute Gasteiger partial charge is 0.303 e. The van der Waals surface area contributed by atoms with Crippen LogP contribution >= 0.6 is 0 Å². The molecule has 0 aromatic heterocycles. The second-order valence-electron chi connectivity index (χ2n) is 2.88. The number of hydrogen-bond donors (Lipinski definition) is 0. The molecule has 0 saturated carbocycles. The molecule has 0 spiro atoms. The molecule has 1 heterocycles. The van der Waals surface area contributed by atoms with Gasteiger partial charge in [-0.05, 0) is 5.92 Å². The first-order valence-corrected chi connectivity index (χ1v) is 3.66. The van der Waals surface area contributed by atoms with Crippen LogP contribution in [-0.4, -0.2) is 37.2 Å². The molecular weight excluding hydrogens is 152 g/mol. The van der Waals surface area contributed by atoms with E-state index < -0.39 is 6.43 Å². The first kappa shape index (κ1) is 8.59. The highest BCUT2D eigenvalue weighted by atomic mass is 19.3. The molecule has 1 aliphatic heterocycles. The maximum Gasteiger partial charge on any atom is 0.251 e. The van der Waals surface area contributed by atoms with Crippen molar-refractivity contribution >= 4 is 6.29 Å². The molecular formula is C7H11F2NO. The standard InChI is InChI=1S/C7H11F2NO/c8-7(9)5-10-3-6(4-10)1-2-11/h2,6-7H,1,3-5H2. The van der Waals surface area contributed by atoms with Gasteiger partial charge in [0.25, 0.3) is 6.43 Å². The van der Waals surface area contributed by atoms with Crippen LogP contribution in [0.15, 0.2) is 0 Å². The van der Waals surface area contributed by atoms with Gasteiger partial charge < -0.3 is 4.79 Å². The van der Waals surface area contributed by atoms with Crippen molar-refractivity contribution in [1.29, 1.82) is 0 Å². The molecule has 2 nitrogen and oxygen atoms in total. The van der Waals surface area contributed by atoms with Gasteiger partial charge in [0, 0.05) is 19.5 Å². The summed E-state index contributed by atoms with van der Waals surface area (Å²) in [6.07, 6.45) is -0.878. The van der Waals surface area contributed by atoms with Crippen molar-refractivity contribution < 1.29 is 13.6 Å². The third-order valence-corrected chi connectivity index (χ3v) is 1.86. The Kier molecular flexibility index (Phi) is 2.93. The summed E-state index contributed by atoms with van der Waals surface area (Å²) in [7, 11) is 0. The second kappa shape index (κ2) is 3.76. The quantitative estimate of drug-likeness (QED) is 0.570. The van der Waals surface area contributed by atoms with Gasteiger partial charge in [-0.25, -0.2) is 8.78 Å². The van der Waals surface area contributed by atoms with E-state index in [4.69, 9.17) is 0 Å². The number of carbonyl (C=O) groups excluding carboxylic acids is 1. The monoisotopic (exact) mass is 163 g/mol. The fraction of sp³-hybridized carbons (Fsp3) is 0.857. The van der Waals surface area contributed by atoms with E-state index in [-0.39, 0.29) is 6.54 Å². The summed E-state index contributed by atoms with van der Waals surface area (Å²) < 4.78 is 23.4. The Morgan fingerprint density at radius 2 is 2.18 bits per heavy atom. The zero-order valence-electron chi connectivity index (χ0n) is 6.17. The molecule has 0 atom stereocenters. The van der Waals surface area contributed by atoms with Crippen LogP contribution in [0.1, 0.15) is 6.42 Å². The van der Waals surface area contributed by atoms with Crippen LogP contribution in [0, 0.1) is 5.92 Å². The summed E-state index contributed by atoms with van der Waals surface area (Å²) in [6.45, 7) is 1.17. The van der Waals surface area contributed by atoms with Crippen LogP contribution in [-0.2, 0) is 4.79 Å². The topological polar surface area (TPSA) is 20.3 Å². The highest BCUT2D eigenvalue weighted by Gasteiger charge is 2.27. The van der Waals surface area contributed by atoms with Gasteiger partial charge in [-0.3, -0.25) is 4.90 Å². The molecule has 1 saturated heterocycles. The SMILES string of the molecule is O=CCC1CN(CC(F)F)C1. The van der Waals surface area contributed by atoms with Gasteiger partial charge in [0.05, 0.1) is 6.54 Å². The zero-order valence-corrected chi connectivity index (χ0v) is 6.17. The molecule has 11 heavy (non-hydrogen) atoms. The van der Waals surface area contributed by atoms with E-state index in [0.29, 0.717) is 25.4 Å². The molecule has 64 valence electrons. The zero-order chi connectivity index (χ0) is 8.27. The molecule has 1 aliphatic rings. The number of aldehydes is 1. The van der Waals surface area contributed by atoms with Crippen LogP contribution in [0.4, 0.5) is 8.78 Å². The summed E-state index contributed by atoms with van der Waals surface area (Å²) in [4.78, 5) is 11.6. The first-order chi connectivity index (χ1) is 5.22. The molecule has 0 aromatic rings. The lowest BCUT2D eigenvalue weighted by atomic mass is 9.97. The number of nitrogens with zero attached hydrogens (tertiary/aromatic N) is 1. The lowest BCUT2D eigenvalue weighted by molar-refractivity contribution is -0.110. The molecule has 0 amide bonds. The first-order valence-electron chi connectivity index (χ1n) is 3.66. The van der Waals surface area contributed by atoms with Crippen molar-refractivity contribution in [3.8, 4) is 0 Å². The molecule has 0 unspecified atom stereocenters. The second-order valence-corrected chi connectivity index (χ2v) is 2.88. The lowest BCUT2D eigenvalue weighted by Gasteiger charge is -2.38. The highest BCUT2D eigenvalue weighted by Crippen LogP contribution is 2.18. The average molecular weight is 163 g/mol. The van der Waals surface area contributed by atoms with Crippen molar-refractivity contribution in [2.45, 2.75) is 12.8 Å². The van der Waals surface area contributed by atoms with Crippen LogP contribution in [0.25, 0.3) is 0 Å². The Labute approximate surface area is 64.2 Å². The Hall–Kier alpha value is -0.510. The number of halogens is 2. The highest BCUT2D eigenvalue weighted by molar-refractivity contribution is 5.50. The molecule has 4 heteroatoms.